The highest BCUT2D eigenvalue weighted by atomic mass is 15.2. The maximum atomic E-state index is 5.90. The van der Waals surface area contributed by atoms with Crippen molar-refractivity contribution in [2.45, 2.75) is 31.3 Å². The van der Waals surface area contributed by atoms with Crippen LogP contribution in [0.15, 0.2) is 42.5 Å². The van der Waals surface area contributed by atoms with E-state index in [9.17, 15) is 0 Å². The molecule has 1 fully saturated rings. The van der Waals surface area contributed by atoms with Gasteiger partial charge in [0.1, 0.15) is 5.82 Å². The average molecular weight is 254 g/mol. The molecule has 0 saturated heterocycles. The lowest BCUT2D eigenvalue weighted by Crippen LogP contribution is -2.21. The molecular weight excluding hydrogens is 236 g/mol. The van der Waals surface area contributed by atoms with Crippen LogP contribution in [0.25, 0.3) is 11.3 Å². The van der Waals surface area contributed by atoms with E-state index in [-0.39, 0.29) is 0 Å². The number of rotatable bonds is 3. The minimum absolute atomic E-state index is 0.328. The number of aromatic nitrogens is 2. The second-order valence-corrected chi connectivity index (χ2v) is 5.08. The summed E-state index contributed by atoms with van der Waals surface area (Å²) < 4.78 is 0. The van der Waals surface area contributed by atoms with Crippen molar-refractivity contribution in [2.75, 3.05) is 5.32 Å². The molecule has 1 aromatic carbocycles. The number of anilines is 1. The van der Waals surface area contributed by atoms with Crippen LogP contribution in [0.3, 0.4) is 0 Å². The summed E-state index contributed by atoms with van der Waals surface area (Å²) >= 11 is 0. The van der Waals surface area contributed by atoms with E-state index in [1.54, 1.807) is 0 Å². The summed E-state index contributed by atoms with van der Waals surface area (Å²) in [5.41, 5.74) is 7.89. The normalized spacial score (nSPS) is 22.4. The summed E-state index contributed by atoms with van der Waals surface area (Å²) in [5, 5.41) is 11.9. The first-order valence-electron chi connectivity index (χ1n) is 6.72. The van der Waals surface area contributed by atoms with Crippen LogP contribution in [0.2, 0.25) is 0 Å². The minimum Gasteiger partial charge on any atom is -0.366 e. The molecule has 0 aliphatic heterocycles. The van der Waals surface area contributed by atoms with Gasteiger partial charge in [0.15, 0.2) is 0 Å². The zero-order chi connectivity index (χ0) is 13.1. The first-order valence-corrected chi connectivity index (χ1v) is 6.72. The minimum atomic E-state index is 0.328. The van der Waals surface area contributed by atoms with Gasteiger partial charge in [-0.3, -0.25) is 0 Å². The summed E-state index contributed by atoms with van der Waals surface area (Å²) in [6.07, 6.45) is 3.22. The number of hydrogen-bond donors (Lipinski definition) is 2. The van der Waals surface area contributed by atoms with Crippen molar-refractivity contribution in [3.8, 4) is 11.3 Å². The molecule has 1 heterocycles. The predicted octanol–water partition coefficient (Wildman–Crippen LogP) is 2.44. The highest BCUT2D eigenvalue weighted by Crippen LogP contribution is 2.21. The third-order valence-electron chi connectivity index (χ3n) is 3.56. The second kappa shape index (κ2) is 5.36. The Hall–Kier alpha value is -1.94. The Balaban J connectivity index is 1.69. The van der Waals surface area contributed by atoms with Gasteiger partial charge in [0, 0.05) is 17.6 Å². The molecule has 2 atom stereocenters. The van der Waals surface area contributed by atoms with Gasteiger partial charge in [-0.05, 0) is 31.4 Å². The molecule has 0 radical (unpaired) electrons. The lowest BCUT2D eigenvalue weighted by atomic mass is 10.1. The zero-order valence-electron chi connectivity index (χ0n) is 10.8. The number of nitrogens with two attached hydrogens (primary N) is 1. The van der Waals surface area contributed by atoms with E-state index >= 15 is 0 Å². The summed E-state index contributed by atoms with van der Waals surface area (Å²) in [7, 11) is 0. The summed E-state index contributed by atoms with van der Waals surface area (Å²) in [5.74, 6) is 0.832. The van der Waals surface area contributed by atoms with Crippen molar-refractivity contribution in [1.29, 1.82) is 0 Å². The van der Waals surface area contributed by atoms with E-state index in [0.717, 1.165) is 36.3 Å². The molecule has 2 aromatic rings. The van der Waals surface area contributed by atoms with Crippen LogP contribution >= 0.6 is 0 Å². The fourth-order valence-electron chi connectivity index (χ4n) is 2.53. The Labute approximate surface area is 113 Å². The Morgan fingerprint density at radius 1 is 1.00 bits per heavy atom. The molecule has 0 bridgehead atoms. The maximum Gasteiger partial charge on any atom is 0.148 e. The van der Waals surface area contributed by atoms with E-state index in [2.05, 4.69) is 15.5 Å². The quantitative estimate of drug-likeness (QED) is 0.883. The molecular formula is C15H18N4. The smallest absolute Gasteiger partial charge is 0.148 e. The van der Waals surface area contributed by atoms with E-state index < -0.39 is 0 Å². The van der Waals surface area contributed by atoms with Crippen LogP contribution < -0.4 is 11.1 Å². The van der Waals surface area contributed by atoms with Gasteiger partial charge in [-0.2, -0.15) is 0 Å². The number of hydrogen-bond acceptors (Lipinski definition) is 4. The van der Waals surface area contributed by atoms with E-state index in [1.165, 1.54) is 0 Å². The molecule has 19 heavy (non-hydrogen) atoms. The third kappa shape index (κ3) is 2.90. The maximum absolute atomic E-state index is 5.90. The topological polar surface area (TPSA) is 63.8 Å². The molecule has 1 aliphatic rings. The molecule has 0 spiro atoms. The monoisotopic (exact) mass is 254 g/mol. The van der Waals surface area contributed by atoms with Crippen molar-refractivity contribution in [2.24, 2.45) is 5.73 Å². The number of benzene rings is 1. The van der Waals surface area contributed by atoms with Crippen molar-refractivity contribution in [1.82, 2.24) is 10.2 Å². The third-order valence-corrected chi connectivity index (χ3v) is 3.56. The Bertz CT molecular complexity index is 524. The van der Waals surface area contributed by atoms with Crippen molar-refractivity contribution in [3.63, 3.8) is 0 Å². The number of nitrogens with zero attached hydrogens (tertiary/aromatic N) is 2. The highest BCUT2D eigenvalue weighted by molar-refractivity contribution is 5.59. The fraction of sp³-hybridized carbons (Fsp3) is 0.333. The Kier molecular flexibility index (Phi) is 3.42. The van der Waals surface area contributed by atoms with Gasteiger partial charge in [0.2, 0.25) is 0 Å². The van der Waals surface area contributed by atoms with E-state index in [0.29, 0.717) is 12.1 Å². The van der Waals surface area contributed by atoms with Gasteiger partial charge in [-0.25, -0.2) is 0 Å². The van der Waals surface area contributed by atoms with Crippen molar-refractivity contribution >= 4 is 5.82 Å². The average Bonchev–Trinajstić information content (AvgIpc) is 2.86. The lowest BCUT2D eigenvalue weighted by Gasteiger charge is -2.12. The first-order chi connectivity index (χ1) is 9.31. The highest BCUT2D eigenvalue weighted by Gasteiger charge is 2.21. The molecule has 3 N–H and O–H groups in total. The van der Waals surface area contributed by atoms with Crippen molar-refractivity contribution in [3.05, 3.63) is 42.5 Å². The summed E-state index contributed by atoms with van der Waals surface area (Å²) in [4.78, 5) is 0. The standard InChI is InChI=1S/C15H18N4/c16-12-6-7-13(10-12)17-15-9-8-14(18-19-15)11-4-2-1-3-5-11/h1-5,8-9,12-13H,6-7,10,16H2,(H,17,19)/t12-,13-/m0/s1. The van der Waals surface area contributed by atoms with Crippen molar-refractivity contribution < 1.29 is 0 Å². The lowest BCUT2D eigenvalue weighted by molar-refractivity contribution is 0.686. The predicted molar refractivity (Wildman–Crippen MR) is 76.7 cm³/mol. The largest absolute Gasteiger partial charge is 0.366 e. The van der Waals surface area contributed by atoms with Crippen LogP contribution in [-0.2, 0) is 0 Å². The van der Waals surface area contributed by atoms with Gasteiger partial charge >= 0.3 is 0 Å². The SMILES string of the molecule is N[C@H]1CC[C@H](Nc2ccc(-c3ccccc3)nn2)C1. The van der Waals surface area contributed by atoms with Crippen LogP contribution in [0, 0.1) is 0 Å². The molecule has 3 rings (SSSR count). The van der Waals surface area contributed by atoms with E-state index in [4.69, 9.17) is 5.73 Å². The molecule has 1 aliphatic carbocycles. The fourth-order valence-corrected chi connectivity index (χ4v) is 2.53. The molecule has 1 saturated carbocycles. The van der Waals surface area contributed by atoms with E-state index in [1.807, 2.05) is 42.5 Å². The molecule has 98 valence electrons. The van der Waals surface area contributed by atoms with Gasteiger partial charge in [0.25, 0.3) is 0 Å². The van der Waals surface area contributed by atoms with Crippen LogP contribution in [0.5, 0.6) is 0 Å². The molecule has 1 aromatic heterocycles. The Morgan fingerprint density at radius 2 is 1.84 bits per heavy atom. The van der Waals surface area contributed by atoms with Crippen LogP contribution in [0.1, 0.15) is 19.3 Å². The molecule has 4 heteroatoms. The summed E-state index contributed by atoms with van der Waals surface area (Å²) in [6.45, 7) is 0. The van der Waals surface area contributed by atoms with Crippen LogP contribution in [0.4, 0.5) is 5.82 Å². The zero-order valence-corrected chi connectivity index (χ0v) is 10.8. The first kappa shape index (κ1) is 12.1. The molecule has 4 nitrogen and oxygen atoms in total. The van der Waals surface area contributed by atoms with Gasteiger partial charge in [-0.15, -0.1) is 10.2 Å². The Morgan fingerprint density at radius 3 is 2.47 bits per heavy atom. The van der Waals surface area contributed by atoms with Crippen LogP contribution in [-0.4, -0.2) is 22.3 Å². The number of nitrogens with one attached hydrogen (secondary N) is 1. The van der Waals surface area contributed by atoms with Gasteiger partial charge in [-0.1, -0.05) is 30.3 Å². The van der Waals surface area contributed by atoms with Gasteiger partial charge < -0.3 is 11.1 Å². The second-order valence-electron chi connectivity index (χ2n) is 5.08. The molecule has 0 amide bonds. The van der Waals surface area contributed by atoms with Gasteiger partial charge in [0.05, 0.1) is 5.69 Å². The molecule has 0 unspecified atom stereocenters. The summed E-state index contributed by atoms with van der Waals surface area (Å²) in [6, 6.07) is 14.8.